The standard InChI is InChI=1S/C48H57ClFN7O9S.ClH/c49-36-10-7-12-39(43(36)50)66-33-17-19-48(20-18-33,30-32-8-5-13-40(53-32)55-47-52-22-29-67-47)46(62)51-21-24-64-26-28-65-27-25-63-23-4-2-1-3-14-41(58)54-37-11-6-9-34-35(37)31-57(45(34)61)38-15-16-42(59)56-44(38)60;/h5-13,22,29,33,38H,1-4,14-21,23-28,30-31H2,(H,51,62)(H,54,58)(H,52,53,55)(H,56,59,60);1H. The fourth-order valence-corrected chi connectivity index (χ4v) is 9.32. The summed E-state index contributed by atoms with van der Waals surface area (Å²) >= 11 is 7.45. The summed E-state index contributed by atoms with van der Waals surface area (Å²) in [4.78, 5) is 74.3. The van der Waals surface area contributed by atoms with E-state index < -0.39 is 23.2 Å². The molecule has 68 heavy (non-hydrogen) atoms. The highest BCUT2D eigenvalue weighted by Crippen LogP contribution is 2.41. The van der Waals surface area contributed by atoms with Gasteiger partial charge in [0.05, 0.1) is 49.6 Å². The van der Waals surface area contributed by atoms with Crippen molar-refractivity contribution in [3.8, 4) is 5.75 Å². The van der Waals surface area contributed by atoms with Crippen molar-refractivity contribution in [3.05, 3.63) is 93.8 Å². The zero-order valence-corrected chi connectivity index (χ0v) is 40.1. The molecule has 366 valence electrons. The maximum Gasteiger partial charge on any atom is 0.255 e. The van der Waals surface area contributed by atoms with Gasteiger partial charge >= 0.3 is 0 Å². The zero-order valence-electron chi connectivity index (χ0n) is 37.7. The first-order valence-corrected chi connectivity index (χ1v) is 24.2. The molecule has 0 bridgehead atoms. The normalized spacial score (nSPS) is 18.9. The van der Waals surface area contributed by atoms with Crippen molar-refractivity contribution in [2.24, 2.45) is 5.41 Å². The highest BCUT2D eigenvalue weighted by Gasteiger charge is 2.43. The Bertz CT molecular complexity index is 2340. The van der Waals surface area contributed by atoms with Gasteiger partial charge < -0.3 is 39.8 Å². The number of rotatable bonds is 25. The second kappa shape index (κ2) is 25.9. The largest absolute Gasteiger partial charge is 0.487 e. The molecule has 0 spiro atoms. The molecule has 2 aliphatic heterocycles. The number of nitrogens with zero attached hydrogens (tertiary/aromatic N) is 3. The number of amides is 5. The lowest BCUT2D eigenvalue weighted by Crippen LogP contribution is -2.52. The molecular weight excluding hydrogens is 941 g/mol. The van der Waals surface area contributed by atoms with Gasteiger partial charge in [0.1, 0.15) is 11.9 Å². The lowest BCUT2D eigenvalue weighted by Gasteiger charge is -2.39. The third kappa shape index (κ3) is 14.4. The van der Waals surface area contributed by atoms with Gasteiger partial charge in [0.25, 0.3) is 5.91 Å². The van der Waals surface area contributed by atoms with Crippen LogP contribution >= 0.6 is 35.3 Å². The average molecular weight is 999 g/mol. The van der Waals surface area contributed by atoms with E-state index in [1.165, 1.54) is 22.3 Å². The number of halogens is 3. The number of anilines is 3. The Morgan fingerprint density at radius 3 is 2.40 bits per heavy atom. The maximum absolute atomic E-state index is 14.6. The summed E-state index contributed by atoms with van der Waals surface area (Å²) in [6, 6.07) is 14.8. The third-order valence-corrected chi connectivity index (χ3v) is 13.1. The van der Waals surface area contributed by atoms with Crippen LogP contribution in [-0.2, 0) is 46.4 Å². The minimum absolute atomic E-state index is 0. The van der Waals surface area contributed by atoms with Crippen LogP contribution in [0, 0.1) is 11.2 Å². The molecule has 1 atom stereocenters. The molecule has 5 amide bonds. The van der Waals surface area contributed by atoms with Gasteiger partial charge in [0, 0.05) is 73.0 Å². The fourth-order valence-electron chi connectivity index (χ4n) is 8.61. The molecule has 1 saturated carbocycles. The second-order valence-corrected chi connectivity index (χ2v) is 18.1. The Morgan fingerprint density at radius 1 is 0.897 bits per heavy atom. The van der Waals surface area contributed by atoms with E-state index in [-0.39, 0.29) is 72.3 Å². The number of piperidine rings is 1. The Balaban J connectivity index is 0.00000761. The van der Waals surface area contributed by atoms with Crippen molar-refractivity contribution in [2.75, 3.05) is 56.8 Å². The van der Waals surface area contributed by atoms with E-state index in [1.54, 1.807) is 36.5 Å². The summed E-state index contributed by atoms with van der Waals surface area (Å²) in [5, 5.41) is 14.2. The summed E-state index contributed by atoms with van der Waals surface area (Å²) in [5.74, 6) is -1.16. The van der Waals surface area contributed by atoms with Gasteiger partial charge in [-0.2, -0.15) is 0 Å². The number of carbonyl (C=O) groups excluding carboxylic acids is 5. The molecule has 20 heteroatoms. The number of hydrogen-bond donors (Lipinski definition) is 4. The van der Waals surface area contributed by atoms with Crippen molar-refractivity contribution in [1.29, 1.82) is 0 Å². The highest BCUT2D eigenvalue weighted by molar-refractivity contribution is 7.13. The minimum atomic E-state index is -0.749. The number of nitrogens with one attached hydrogen (secondary N) is 4. The number of unbranched alkanes of at least 4 members (excludes halogenated alkanes) is 3. The van der Waals surface area contributed by atoms with Gasteiger partial charge in [-0.05, 0) is 81.3 Å². The molecular formula is C48H58Cl2FN7O9S. The Hall–Kier alpha value is -5.24. The Kier molecular flexibility index (Phi) is 19.9. The van der Waals surface area contributed by atoms with Gasteiger partial charge in [0.2, 0.25) is 23.6 Å². The summed E-state index contributed by atoms with van der Waals surface area (Å²) < 4.78 is 37.7. The number of carbonyl (C=O) groups is 5. The van der Waals surface area contributed by atoms with Crippen LogP contribution in [0.4, 0.5) is 21.0 Å². The van der Waals surface area contributed by atoms with Crippen LogP contribution in [0.15, 0.2) is 66.2 Å². The van der Waals surface area contributed by atoms with Gasteiger partial charge in [0.15, 0.2) is 16.7 Å². The van der Waals surface area contributed by atoms with Crippen LogP contribution in [0.2, 0.25) is 5.02 Å². The molecule has 3 aliphatic rings. The summed E-state index contributed by atoms with van der Waals surface area (Å²) in [6.07, 6.45) is 8.14. The van der Waals surface area contributed by atoms with E-state index >= 15 is 0 Å². The highest BCUT2D eigenvalue weighted by atomic mass is 35.5. The van der Waals surface area contributed by atoms with Gasteiger partial charge in [-0.15, -0.1) is 23.7 Å². The number of thiazole rings is 1. The number of benzene rings is 2. The molecule has 1 aliphatic carbocycles. The molecule has 4 heterocycles. The first-order valence-electron chi connectivity index (χ1n) is 22.9. The van der Waals surface area contributed by atoms with E-state index in [0.717, 1.165) is 30.1 Å². The summed E-state index contributed by atoms with van der Waals surface area (Å²) in [7, 11) is 0. The molecule has 16 nitrogen and oxygen atoms in total. The number of fused-ring (bicyclic) bond motifs is 1. The third-order valence-electron chi connectivity index (χ3n) is 12.1. The van der Waals surface area contributed by atoms with E-state index in [2.05, 4.69) is 26.3 Å². The van der Waals surface area contributed by atoms with Crippen LogP contribution in [0.1, 0.15) is 92.2 Å². The van der Waals surface area contributed by atoms with E-state index in [9.17, 15) is 28.4 Å². The molecule has 2 aromatic carbocycles. The lowest BCUT2D eigenvalue weighted by atomic mass is 9.69. The van der Waals surface area contributed by atoms with E-state index in [4.69, 9.17) is 35.5 Å². The monoisotopic (exact) mass is 997 g/mol. The van der Waals surface area contributed by atoms with Crippen LogP contribution in [0.5, 0.6) is 5.75 Å². The minimum Gasteiger partial charge on any atom is -0.487 e. The molecule has 4 aromatic rings. The van der Waals surface area contributed by atoms with E-state index in [0.29, 0.717) is 114 Å². The van der Waals surface area contributed by atoms with Crippen LogP contribution in [0.25, 0.3) is 0 Å². The smallest absolute Gasteiger partial charge is 0.255 e. The Labute approximate surface area is 410 Å². The first kappa shape index (κ1) is 52.1. The molecule has 7 rings (SSSR count). The average Bonchev–Trinajstić information content (AvgIpc) is 3.96. The van der Waals surface area contributed by atoms with Gasteiger partial charge in [-0.3, -0.25) is 29.3 Å². The van der Waals surface area contributed by atoms with Crippen molar-refractivity contribution in [3.63, 3.8) is 0 Å². The lowest BCUT2D eigenvalue weighted by molar-refractivity contribution is -0.137. The number of aromatic nitrogens is 2. The molecule has 1 saturated heterocycles. The van der Waals surface area contributed by atoms with Crippen molar-refractivity contribution < 1.29 is 47.3 Å². The summed E-state index contributed by atoms with van der Waals surface area (Å²) in [6.45, 7) is 3.04. The fraction of sp³-hybridized carbons (Fsp3) is 0.479. The predicted molar refractivity (Wildman–Crippen MR) is 257 cm³/mol. The zero-order chi connectivity index (χ0) is 47.0. The molecule has 2 aromatic heterocycles. The van der Waals surface area contributed by atoms with E-state index in [1.807, 2.05) is 23.6 Å². The van der Waals surface area contributed by atoms with Crippen LogP contribution in [-0.4, -0.2) is 103 Å². The number of hydrogen-bond acceptors (Lipinski definition) is 13. The van der Waals surface area contributed by atoms with Crippen molar-refractivity contribution >= 4 is 81.5 Å². The molecule has 2 fully saturated rings. The second-order valence-electron chi connectivity index (χ2n) is 16.8. The SMILES string of the molecule is Cl.O=C1CCC(N2Cc3c(NC(=O)CCCCCCOCCOCCOCCNC(=O)C4(Cc5cccc(Nc6nccs6)n5)CCC(Oc5cccc(Cl)c5F)CC4)cccc3C2=O)C(=O)N1. The predicted octanol–water partition coefficient (Wildman–Crippen LogP) is 7.56. The topological polar surface area (TPSA) is 199 Å². The first-order chi connectivity index (χ1) is 32.6. The van der Waals surface area contributed by atoms with Crippen molar-refractivity contribution in [2.45, 2.75) is 95.7 Å². The van der Waals surface area contributed by atoms with Crippen molar-refractivity contribution in [1.82, 2.24) is 25.5 Å². The maximum atomic E-state index is 14.6. The number of pyridine rings is 1. The summed E-state index contributed by atoms with van der Waals surface area (Å²) in [5.41, 5.74) is 1.71. The molecule has 1 unspecified atom stereocenters. The Morgan fingerprint density at radius 2 is 1.63 bits per heavy atom. The van der Waals surface area contributed by atoms with Crippen LogP contribution in [0.3, 0.4) is 0 Å². The number of imide groups is 1. The van der Waals surface area contributed by atoms with Gasteiger partial charge in [-0.1, -0.05) is 42.6 Å². The van der Waals surface area contributed by atoms with Crippen LogP contribution < -0.4 is 26.0 Å². The molecule has 4 N–H and O–H groups in total. The van der Waals surface area contributed by atoms with Gasteiger partial charge in [-0.25, -0.2) is 14.4 Å². The molecule has 0 radical (unpaired) electrons. The quantitative estimate of drug-likeness (QED) is 0.0376. The number of ether oxygens (including phenoxy) is 4.